The number of nitrogens with zero attached hydrogens (tertiary/aromatic N) is 2. The Morgan fingerprint density at radius 1 is 1.48 bits per heavy atom. The fourth-order valence-electron chi connectivity index (χ4n) is 2.29. The fourth-order valence-corrected chi connectivity index (χ4v) is 2.52. The average Bonchev–Trinajstić information content (AvgIpc) is 2.49. The molecule has 2 N–H and O–H groups in total. The minimum atomic E-state index is -0.0560. The van der Waals surface area contributed by atoms with Gasteiger partial charge in [0.05, 0.1) is 25.9 Å². The molecule has 7 heteroatoms. The van der Waals surface area contributed by atoms with Gasteiger partial charge in [0.25, 0.3) is 0 Å². The van der Waals surface area contributed by atoms with E-state index in [4.69, 9.17) is 9.84 Å². The molecular formula is C14H20BrN3O3. The van der Waals surface area contributed by atoms with E-state index in [2.05, 4.69) is 31.1 Å². The zero-order valence-corrected chi connectivity index (χ0v) is 13.4. The first-order valence-corrected chi connectivity index (χ1v) is 7.83. The van der Waals surface area contributed by atoms with Crippen LogP contribution >= 0.6 is 15.9 Å². The minimum absolute atomic E-state index is 0.0560. The van der Waals surface area contributed by atoms with Gasteiger partial charge in [0.1, 0.15) is 5.82 Å². The van der Waals surface area contributed by atoms with Crippen molar-refractivity contribution in [3.63, 3.8) is 0 Å². The van der Waals surface area contributed by atoms with E-state index in [1.165, 1.54) is 0 Å². The number of aliphatic hydroxyl groups is 1. The molecule has 1 aliphatic rings. The van der Waals surface area contributed by atoms with Crippen LogP contribution in [-0.2, 0) is 9.53 Å². The number of pyridine rings is 1. The summed E-state index contributed by atoms with van der Waals surface area (Å²) in [7, 11) is 0. The summed E-state index contributed by atoms with van der Waals surface area (Å²) < 4.78 is 6.38. The van der Waals surface area contributed by atoms with Crippen LogP contribution in [0.2, 0.25) is 0 Å². The van der Waals surface area contributed by atoms with E-state index < -0.39 is 0 Å². The summed E-state index contributed by atoms with van der Waals surface area (Å²) >= 11 is 3.30. The van der Waals surface area contributed by atoms with Crippen molar-refractivity contribution >= 4 is 27.7 Å². The van der Waals surface area contributed by atoms with Crippen molar-refractivity contribution in [1.82, 2.24) is 9.88 Å². The third-order valence-corrected chi connectivity index (χ3v) is 3.81. The largest absolute Gasteiger partial charge is 0.394 e. The van der Waals surface area contributed by atoms with E-state index in [0.717, 1.165) is 30.4 Å². The second kappa shape index (κ2) is 8.43. The van der Waals surface area contributed by atoms with Gasteiger partial charge in [-0.1, -0.05) is 0 Å². The molecule has 0 radical (unpaired) electrons. The Balaban J connectivity index is 1.70. The molecule has 0 spiro atoms. The molecule has 21 heavy (non-hydrogen) atoms. The monoisotopic (exact) mass is 357 g/mol. The molecule has 0 aliphatic carbocycles. The van der Waals surface area contributed by atoms with Crippen LogP contribution in [-0.4, -0.2) is 59.8 Å². The van der Waals surface area contributed by atoms with Crippen molar-refractivity contribution in [2.24, 2.45) is 0 Å². The van der Waals surface area contributed by atoms with Crippen LogP contribution in [0.3, 0.4) is 0 Å². The number of carbonyl (C=O) groups is 1. The van der Waals surface area contributed by atoms with Crippen LogP contribution < -0.4 is 5.32 Å². The average molecular weight is 358 g/mol. The molecule has 1 aliphatic heterocycles. The minimum Gasteiger partial charge on any atom is -0.394 e. The van der Waals surface area contributed by atoms with Crippen molar-refractivity contribution in [2.75, 3.05) is 38.2 Å². The first-order chi connectivity index (χ1) is 10.2. The number of rotatable bonds is 6. The number of anilines is 1. The molecule has 1 aromatic heterocycles. The molecule has 0 atom stereocenters. The van der Waals surface area contributed by atoms with Gasteiger partial charge in [0.2, 0.25) is 5.91 Å². The molecule has 0 aromatic carbocycles. The number of aromatic nitrogens is 1. The number of likely N-dealkylation sites (tertiary alicyclic amines) is 1. The molecule has 116 valence electrons. The lowest BCUT2D eigenvalue weighted by molar-refractivity contribution is -0.118. The van der Waals surface area contributed by atoms with E-state index >= 15 is 0 Å². The molecule has 0 saturated carbocycles. The molecule has 1 saturated heterocycles. The number of halogens is 1. The first-order valence-electron chi connectivity index (χ1n) is 7.03. The van der Waals surface area contributed by atoms with E-state index in [9.17, 15) is 4.79 Å². The number of hydrogen-bond donors (Lipinski definition) is 2. The molecule has 0 unspecified atom stereocenters. The molecule has 1 aromatic rings. The topological polar surface area (TPSA) is 74.7 Å². The third-order valence-electron chi connectivity index (χ3n) is 3.34. The summed E-state index contributed by atoms with van der Waals surface area (Å²) in [5.74, 6) is 0.504. The fraction of sp³-hybridized carbons (Fsp3) is 0.571. The molecule has 0 bridgehead atoms. The van der Waals surface area contributed by atoms with Gasteiger partial charge in [0.15, 0.2) is 0 Å². The van der Waals surface area contributed by atoms with E-state index in [1.54, 1.807) is 12.3 Å². The van der Waals surface area contributed by atoms with E-state index in [-0.39, 0.29) is 18.6 Å². The second-order valence-electron chi connectivity index (χ2n) is 4.98. The van der Waals surface area contributed by atoms with Crippen molar-refractivity contribution in [3.8, 4) is 0 Å². The van der Waals surface area contributed by atoms with Gasteiger partial charge in [-0.25, -0.2) is 4.98 Å². The maximum absolute atomic E-state index is 12.0. The summed E-state index contributed by atoms with van der Waals surface area (Å²) in [5, 5.41) is 11.5. The smallest absolute Gasteiger partial charge is 0.239 e. The summed E-state index contributed by atoms with van der Waals surface area (Å²) in [5.41, 5.74) is 0. The summed E-state index contributed by atoms with van der Waals surface area (Å²) in [6.07, 6.45) is 3.64. The number of aliphatic hydroxyl groups excluding tert-OH is 1. The standard InChI is InChI=1S/C14H20BrN3O3/c15-11-1-2-13(16-9-11)17-14(20)10-18-5-3-12(4-6-18)21-8-7-19/h1-2,9,12,19H,3-8,10H2,(H,16,17,20). The Bertz CT molecular complexity index is 447. The number of ether oxygens (including phenoxy) is 1. The zero-order valence-electron chi connectivity index (χ0n) is 11.8. The number of amides is 1. The molecular weight excluding hydrogens is 338 g/mol. The highest BCUT2D eigenvalue weighted by atomic mass is 79.9. The van der Waals surface area contributed by atoms with Gasteiger partial charge in [-0.15, -0.1) is 0 Å². The number of hydrogen-bond acceptors (Lipinski definition) is 5. The van der Waals surface area contributed by atoms with Gasteiger partial charge in [-0.2, -0.15) is 0 Å². The Morgan fingerprint density at radius 2 is 2.24 bits per heavy atom. The van der Waals surface area contributed by atoms with Crippen molar-refractivity contribution in [3.05, 3.63) is 22.8 Å². The van der Waals surface area contributed by atoms with Gasteiger partial charge in [-0.05, 0) is 40.9 Å². The summed E-state index contributed by atoms with van der Waals surface area (Å²) in [6, 6.07) is 3.60. The van der Waals surface area contributed by atoms with Crippen LogP contribution in [0.5, 0.6) is 0 Å². The highest BCUT2D eigenvalue weighted by Gasteiger charge is 2.21. The predicted octanol–water partition coefficient (Wildman–Crippen LogP) is 1.26. The van der Waals surface area contributed by atoms with Crippen LogP contribution in [0, 0.1) is 0 Å². The van der Waals surface area contributed by atoms with Gasteiger partial charge < -0.3 is 15.2 Å². The lowest BCUT2D eigenvalue weighted by Crippen LogP contribution is -2.41. The van der Waals surface area contributed by atoms with E-state index in [1.807, 2.05) is 6.07 Å². The number of carbonyl (C=O) groups excluding carboxylic acids is 1. The zero-order chi connectivity index (χ0) is 15.1. The molecule has 1 fully saturated rings. The van der Waals surface area contributed by atoms with Crippen molar-refractivity contribution in [2.45, 2.75) is 18.9 Å². The Kier molecular flexibility index (Phi) is 6.56. The van der Waals surface area contributed by atoms with Gasteiger partial charge in [0, 0.05) is 23.8 Å². The summed E-state index contributed by atoms with van der Waals surface area (Å²) in [4.78, 5) is 18.2. The van der Waals surface area contributed by atoms with Crippen molar-refractivity contribution in [1.29, 1.82) is 0 Å². The highest BCUT2D eigenvalue weighted by molar-refractivity contribution is 9.10. The Hall–Kier alpha value is -1.02. The maximum Gasteiger partial charge on any atom is 0.239 e. The van der Waals surface area contributed by atoms with Crippen LogP contribution in [0.25, 0.3) is 0 Å². The van der Waals surface area contributed by atoms with Crippen LogP contribution in [0.1, 0.15) is 12.8 Å². The normalized spacial score (nSPS) is 16.9. The molecule has 2 heterocycles. The molecule has 6 nitrogen and oxygen atoms in total. The Labute approximate surface area is 132 Å². The maximum atomic E-state index is 12.0. The predicted molar refractivity (Wildman–Crippen MR) is 83.1 cm³/mol. The lowest BCUT2D eigenvalue weighted by atomic mass is 10.1. The quantitative estimate of drug-likeness (QED) is 0.801. The van der Waals surface area contributed by atoms with Gasteiger partial charge in [-0.3, -0.25) is 9.69 Å². The third kappa shape index (κ3) is 5.70. The van der Waals surface area contributed by atoms with E-state index in [0.29, 0.717) is 19.0 Å². The van der Waals surface area contributed by atoms with Crippen LogP contribution in [0.4, 0.5) is 5.82 Å². The Morgan fingerprint density at radius 3 is 2.86 bits per heavy atom. The van der Waals surface area contributed by atoms with Crippen LogP contribution in [0.15, 0.2) is 22.8 Å². The number of piperidine rings is 1. The first kappa shape index (κ1) is 16.4. The highest BCUT2D eigenvalue weighted by Crippen LogP contribution is 2.14. The lowest BCUT2D eigenvalue weighted by Gasteiger charge is -2.31. The molecule has 2 rings (SSSR count). The van der Waals surface area contributed by atoms with Gasteiger partial charge >= 0.3 is 0 Å². The number of nitrogens with one attached hydrogen (secondary N) is 1. The SMILES string of the molecule is O=C(CN1CCC(OCCO)CC1)Nc1ccc(Br)cn1. The molecule has 1 amide bonds. The summed E-state index contributed by atoms with van der Waals surface area (Å²) in [6.45, 7) is 2.47. The van der Waals surface area contributed by atoms with Crippen molar-refractivity contribution < 1.29 is 14.6 Å². The second-order valence-corrected chi connectivity index (χ2v) is 5.90.